The lowest BCUT2D eigenvalue weighted by Crippen LogP contribution is -2.66. The van der Waals surface area contributed by atoms with Gasteiger partial charge in [-0.1, -0.05) is 43.3 Å². The predicted octanol–water partition coefficient (Wildman–Crippen LogP) is 7.17. The molecule has 2 aliphatic rings. The van der Waals surface area contributed by atoms with Crippen molar-refractivity contribution >= 4 is 45.6 Å². The van der Waals surface area contributed by atoms with Gasteiger partial charge in [-0.05, 0) is 125 Å². The number of benzene rings is 4. The van der Waals surface area contributed by atoms with Gasteiger partial charge < -0.3 is 30.1 Å². The fourth-order valence-corrected chi connectivity index (χ4v) is 10.4. The zero-order valence-electron chi connectivity index (χ0n) is 41.1. The van der Waals surface area contributed by atoms with Gasteiger partial charge in [0.05, 0.1) is 16.4 Å². The Labute approximate surface area is 414 Å². The average molecular weight is 965 g/mol. The fraction of sp³-hybridized carbons (Fsp3) is 0.382. The second-order valence-corrected chi connectivity index (χ2v) is 19.3. The van der Waals surface area contributed by atoms with Crippen LogP contribution in [0.15, 0.2) is 109 Å². The number of carbonyl (C=O) groups is 4. The summed E-state index contributed by atoms with van der Waals surface area (Å²) in [5.41, 5.74) is 6.09. The molecular weight excluding hydrogens is 901 g/mol. The SMILES string of the molecule is CCCN1CCC(CNC(=O)c2ccc(OCc3cc(C)nc4ccccc34)cc2)(C(=O)NO)CC1C1(CNC(=O)c2ccc(OCc3cc(C)nc4ccccc34)cc2)CCN(C(=O)N(C)C)C(O)C1. The van der Waals surface area contributed by atoms with Crippen LogP contribution in [-0.4, -0.2) is 118 Å². The number of hydrogen-bond donors (Lipinski definition) is 5. The molecule has 5 N–H and O–H groups in total. The molecule has 4 aromatic carbocycles. The topological polar surface area (TPSA) is 199 Å². The third-order valence-electron chi connectivity index (χ3n) is 14.2. The summed E-state index contributed by atoms with van der Waals surface area (Å²) >= 11 is 0. The number of rotatable bonds is 16. The standard InChI is InChI=1S/C55H64N8O8/c1-6-25-62-26-23-55(52(67)60-69,35-57-51(66)39-17-21-43(22-18-39)71-33-41-29-37(3)59-47-14-10-8-12-45(41)47)30-48(62)54(24-27-63(49(64)31-54)53(68)61(4)5)34-56-50(65)38-15-19-42(20-16-38)70-32-40-28-36(2)58-46-13-9-7-11-44(40)46/h7-22,28-29,48-49,64,69H,6,23-27,30-35H2,1-5H3,(H,56,65)(H,57,66)(H,60,67). The van der Waals surface area contributed by atoms with Gasteiger partial charge in [0.2, 0.25) is 0 Å². The van der Waals surface area contributed by atoms with Crippen molar-refractivity contribution < 1.29 is 39.0 Å². The maximum absolute atomic E-state index is 14.1. The minimum atomic E-state index is -1.27. The van der Waals surface area contributed by atoms with Crippen molar-refractivity contribution in [3.05, 3.63) is 143 Å². The van der Waals surface area contributed by atoms with E-state index in [1.807, 2.05) is 80.0 Å². The van der Waals surface area contributed by atoms with Crippen LogP contribution in [0.2, 0.25) is 0 Å². The third-order valence-corrected chi connectivity index (χ3v) is 14.2. The Morgan fingerprint density at radius 2 is 1.24 bits per heavy atom. The van der Waals surface area contributed by atoms with Crippen molar-refractivity contribution in [3.63, 3.8) is 0 Å². The van der Waals surface area contributed by atoms with E-state index in [-0.39, 0.29) is 44.4 Å². The molecule has 0 bridgehead atoms. The molecule has 71 heavy (non-hydrogen) atoms. The number of aliphatic hydroxyl groups is 1. The molecule has 6 aromatic rings. The maximum Gasteiger partial charge on any atom is 0.321 e. The van der Waals surface area contributed by atoms with Crippen LogP contribution in [0.25, 0.3) is 21.8 Å². The van der Waals surface area contributed by atoms with Crippen LogP contribution in [0.3, 0.4) is 0 Å². The Morgan fingerprint density at radius 3 is 1.73 bits per heavy atom. The summed E-state index contributed by atoms with van der Waals surface area (Å²) in [4.78, 5) is 69.5. The summed E-state index contributed by atoms with van der Waals surface area (Å²) in [7, 11) is 3.26. The number of likely N-dealkylation sites (tertiary alicyclic amines) is 2. The molecule has 16 heteroatoms. The summed E-state index contributed by atoms with van der Waals surface area (Å²) in [5.74, 6) is -0.221. The maximum atomic E-state index is 14.1. The van der Waals surface area contributed by atoms with Crippen molar-refractivity contribution in [1.82, 2.24) is 40.8 Å². The smallest absolute Gasteiger partial charge is 0.321 e. The molecule has 4 unspecified atom stereocenters. The van der Waals surface area contributed by atoms with Gasteiger partial charge in [-0.2, -0.15) is 0 Å². The summed E-state index contributed by atoms with van der Waals surface area (Å²) < 4.78 is 12.3. The minimum absolute atomic E-state index is 0.0942. The van der Waals surface area contributed by atoms with Crippen LogP contribution >= 0.6 is 0 Å². The number of aliphatic hydroxyl groups excluding tert-OH is 1. The normalized spacial score (nSPS) is 20.3. The molecule has 4 atom stereocenters. The molecule has 0 spiro atoms. The first-order chi connectivity index (χ1) is 34.2. The van der Waals surface area contributed by atoms with Gasteiger partial charge in [0.15, 0.2) is 0 Å². The quantitative estimate of drug-likeness (QED) is 0.0487. The van der Waals surface area contributed by atoms with Crippen LogP contribution in [-0.2, 0) is 18.0 Å². The number of hydroxylamine groups is 1. The van der Waals surface area contributed by atoms with Crippen molar-refractivity contribution in [1.29, 1.82) is 0 Å². The van der Waals surface area contributed by atoms with E-state index in [1.165, 1.54) is 9.80 Å². The Morgan fingerprint density at radius 1 is 0.718 bits per heavy atom. The van der Waals surface area contributed by atoms with E-state index in [2.05, 4.69) is 32.4 Å². The molecule has 16 nitrogen and oxygen atoms in total. The lowest BCUT2D eigenvalue weighted by molar-refractivity contribution is -0.149. The largest absolute Gasteiger partial charge is 0.489 e. The van der Waals surface area contributed by atoms with E-state index >= 15 is 0 Å². The minimum Gasteiger partial charge on any atom is -0.489 e. The summed E-state index contributed by atoms with van der Waals surface area (Å²) in [6.07, 6.45) is 0.569. The number of nitrogens with one attached hydrogen (secondary N) is 3. The van der Waals surface area contributed by atoms with Gasteiger partial charge >= 0.3 is 6.03 Å². The number of nitrogens with zero attached hydrogens (tertiary/aromatic N) is 5. The number of aromatic nitrogens is 2. The van der Waals surface area contributed by atoms with Gasteiger partial charge in [-0.15, -0.1) is 0 Å². The highest BCUT2D eigenvalue weighted by molar-refractivity contribution is 5.95. The molecule has 2 aromatic heterocycles. The Bertz CT molecular complexity index is 2880. The first-order valence-corrected chi connectivity index (χ1v) is 24.3. The van der Waals surface area contributed by atoms with Gasteiger partial charge in [0.1, 0.15) is 30.9 Å². The molecular formula is C55H64N8O8. The number of hydrogen-bond acceptors (Lipinski definition) is 11. The van der Waals surface area contributed by atoms with E-state index in [0.29, 0.717) is 61.8 Å². The highest BCUT2D eigenvalue weighted by Gasteiger charge is 2.55. The van der Waals surface area contributed by atoms with Crippen molar-refractivity contribution in [3.8, 4) is 11.5 Å². The monoisotopic (exact) mass is 964 g/mol. The van der Waals surface area contributed by atoms with Crippen molar-refractivity contribution in [2.75, 3.05) is 46.8 Å². The van der Waals surface area contributed by atoms with E-state index in [4.69, 9.17) is 9.47 Å². The molecule has 8 rings (SSSR count). The second-order valence-electron chi connectivity index (χ2n) is 19.3. The van der Waals surface area contributed by atoms with E-state index in [0.717, 1.165) is 50.7 Å². The van der Waals surface area contributed by atoms with Gasteiger partial charge in [0, 0.05) is 96.0 Å². The van der Waals surface area contributed by atoms with Crippen LogP contribution in [0.4, 0.5) is 4.79 Å². The number of piperidine rings is 2. The molecule has 2 aliphatic heterocycles. The number of ether oxygens (including phenoxy) is 2. The summed E-state index contributed by atoms with van der Waals surface area (Å²) in [6, 6.07) is 32.7. The molecule has 0 aliphatic carbocycles. The van der Waals surface area contributed by atoms with Crippen molar-refractivity contribution in [2.24, 2.45) is 10.8 Å². The highest BCUT2D eigenvalue weighted by Crippen LogP contribution is 2.48. The number of urea groups is 1. The molecule has 4 heterocycles. The predicted molar refractivity (Wildman–Crippen MR) is 270 cm³/mol. The fourth-order valence-electron chi connectivity index (χ4n) is 10.4. The molecule has 5 amide bonds. The van der Waals surface area contributed by atoms with Gasteiger partial charge in [-0.3, -0.25) is 39.4 Å². The lowest BCUT2D eigenvalue weighted by Gasteiger charge is -2.56. The van der Waals surface area contributed by atoms with Crippen LogP contribution in [0, 0.1) is 24.7 Å². The number of amides is 5. The third kappa shape index (κ3) is 11.3. The first kappa shape index (κ1) is 50.3. The highest BCUT2D eigenvalue weighted by atomic mass is 16.5. The Hall–Kier alpha value is -7.14. The first-order valence-electron chi connectivity index (χ1n) is 24.3. The van der Waals surface area contributed by atoms with Gasteiger partial charge in [0.25, 0.3) is 17.7 Å². The average Bonchev–Trinajstić information content (AvgIpc) is 3.38. The molecule has 2 saturated heterocycles. The second kappa shape index (κ2) is 21.9. The molecule has 0 radical (unpaired) electrons. The summed E-state index contributed by atoms with van der Waals surface area (Å²) in [6.45, 7) is 7.88. The number of aryl methyl sites for hydroxylation is 2. The Kier molecular flexibility index (Phi) is 15.5. The number of para-hydroxylation sites is 2. The number of carbonyl (C=O) groups excluding carboxylic acids is 4. The van der Waals surface area contributed by atoms with Crippen LogP contribution in [0.5, 0.6) is 11.5 Å². The zero-order valence-corrected chi connectivity index (χ0v) is 41.1. The van der Waals surface area contributed by atoms with Gasteiger partial charge in [-0.25, -0.2) is 10.3 Å². The summed E-state index contributed by atoms with van der Waals surface area (Å²) in [5, 5.41) is 30.2. The number of pyridine rings is 2. The van der Waals surface area contributed by atoms with E-state index in [9.17, 15) is 29.5 Å². The van der Waals surface area contributed by atoms with E-state index in [1.54, 1.807) is 62.6 Å². The molecule has 372 valence electrons. The molecule has 2 fully saturated rings. The van der Waals surface area contributed by atoms with Crippen LogP contribution < -0.4 is 25.6 Å². The molecule has 0 saturated carbocycles. The number of fused-ring (bicyclic) bond motifs is 2. The lowest BCUT2D eigenvalue weighted by atomic mass is 9.62. The Balaban J connectivity index is 0.983. The zero-order chi connectivity index (χ0) is 50.3. The van der Waals surface area contributed by atoms with Crippen LogP contribution in [0.1, 0.15) is 82.3 Å². The van der Waals surface area contributed by atoms with E-state index < -0.39 is 34.9 Å². The van der Waals surface area contributed by atoms with Crippen molar-refractivity contribution in [2.45, 2.75) is 78.4 Å².